The summed E-state index contributed by atoms with van der Waals surface area (Å²) in [5.74, 6) is 0.210. The number of pyridine rings is 1. The lowest BCUT2D eigenvalue weighted by molar-refractivity contribution is 0.565. The summed E-state index contributed by atoms with van der Waals surface area (Å²) in [6, 6.07) is 1.54. The lowest BCUT2D eigenvalue weighted by atomic mass is 10.2. The van der Waals surface area contributed by atoms with Crippen molar-refractivity contribution in [2.75, 3.05) is 11.3 Å². The molecule has 18 heavy (non-hydrogen) atoms. The van der Waals surface area contributed by atoms with Crippen molar-refractivity contribution in [1.82, 2.24) is 9.71 Å². The van der Waals surface area contributed by atoms with Crippen molar-refractivity contribution in [3.63, 3.8) is 0 Å². The molecule has 5 nitrogen and oxygen atoms in total. The monoisotopic (exact) mass is 311 g/mol. The van der Waals surface area contributed by atoms with Gasteiger partial charge < -0.3 is 0 Å². The first-order valence-electron chi connectivity index (χ1n) is 5.31. The minimum absolute atomic E-state index is 0.0231. The molecule has 0 unspecified atom stereocenters. The molecule has 1 heterocycles. The van der Waals surface area contributed by atoms with Gasteiger partial charge in [-0.1, -0.05) is 37.0 Å². The Morgan fingerprint density at radius 1 is 1.39 bits per heavy atom. The fourth-order valence-electron chi connectivity index (χ4n) is 1.16. The quantitative estimate of drug-likeness (QED) is 0.821. The second kappa shape index (κ2) is 6.06. The molecule has 0 radical (unpaired) electrons. The zero-order valence-electron chi connectivity index (χ0n) is 10.3. The van der Waals surface area contributed by atoms with Crippen LogP contribution in [0.4, 0.5) is 5.69 Å². The molecular weight excluding hydrogens is 297 g/mol. The van der Waals surface area contributed by atoms with Crippen LogP contribution in [0.3, 0.4) is 0 Å². The second-order valence-electron chi connectivity index (χ2n) is 4.28. The first-order valence-corrected chi connectivity index (χ1v) is 7.55. The molecule has 0 amide bonds. The Balaban J connectivity index is 2.91. The number of nitrogens with one attached hydrogen (secondary N) is 2. The summed E-state index contributed by atoms with van der Waals surface area (Å²) >= 11 is 11.6. The molecule has 0 atom stereocenters. The molecule has 0 fully saturated rings. The Kier molecular flexibility index (Phi) is 5.21. The smallest absolute Gasteiger partial charge is 0.268 e. The molecule has 2 N–H and O–H groups in total. The number of hydrogen-bond acceptors (Lipinski definition) is 3. The third-order valence-electron chi connectivity index (χ3n) is 2.06. The topological polar surface area (TPSA) is 71.1 Å². The molecular formula is C10H15Cl2N3O2S. The molecule has 1 rings (SSSR count). The molecule has 0 spiro atoms. The third kappa shape index (κ3) is 4.61. The molecule has 0 bridgehead atoms. The molecule has 0 aliphatic rings. The van der Waals surface area contributed by atoms with E-state index in [1.54, 1.807) is 6.92 Å². The van der Waals surface area contributed by atoms with Crippen LogP contribution >= 0.6 is 23.2 Å². The molecule has 0 aliphatic carbocycles. The maximum absolute atomic E-state index is 11.8. The third-order valence-corrected chi connectivity index (χ3v) is 3.55. The molecule has 0 aromatic carbocycles. The molecule has 8 heteroatoms. The van der Waals surface area contributed by atoms with E-state index in [1.165, 1.54) is 6.07 Å². The molecule has 1 aromatic heterocycles. The van der Waals surface area contributed by atoms with Crippen molar-refractivity contribution in [2.45, 2.75) is 20.8 Å². The number of aryl methyl sites for hydroxylation is 1. The number of nitrogens with zero attached hydrogens (tertiary/aromatic N) is 1. The first-order chi connectivity index (χ1) is 8.21. The largest absolute Gasteiger partial charge is 0.299 e. The van der Waals surface area contributed by atoms with E-state index in [-0.39, 0.29) is 21.9 Å². The highest BCUT2D eigenvalue weighted by Crippen LogP contribution is 2.26. The highest BCUT2D eigenvalue weighted by atomic mass is 35.5. The lowest BCUT2D eigenvalue weighted by Gasteiger charge is -2.13. The first kappa shape index (κ1) is 15.5. The minimum atomic E-state index is -3.66. The van der Waals surface area contributed by atoms with Gasteiger partial charge in [0.15, 0.2) is 5.15 Å². The van der Waals surface area contributed by atoms with E-state index in [2.05, 4.69) is 14.4 Å². The summed E-state index contributed by atoms with van der Waals surface area (Å²) < 4.78 is 28.3. The van der Waals surface area contributed by atoms with Crippen LogP contribution < -0.4 is 9.44 Å². The average molecular weight is 312 g/mol. The van der Waals surface area contributed by atoms with Crippen LogP contribution in [0.1, 0.15) is 19.4 Å². The van der Waals surface area contributed by atoms with E-state index in [0.29, 0.717) is 12.1 Å². The molecule has 102 valence electrons. The standard InChI is InChI=1S/C10H15Cl2N3O2S/c1-6(2)5-13-18(16,17)15-9-7(3)4-8(11)14-10(9)12/h4,6,13,15H,5H2,1-3H3. The summed E-state index contributed by atoms with van der Waals surface area (Å²) in [4.78, 5) is 3.79. The Morgan fingerprint density at radius 3 is 2.50 bits per heavy atom. The normalized spacial score (nSPS) is 11.9. The van der Waals surface area contributed by atoms with Crippen LogP contribution in [0.2, 0.25) is 10.3 Å². The van der Waals surface area contributed by atoms with Crippen molar-refractivity contribution >= 4 is 39.1 Å². The average Bonchev–Trinajstić information content (AvgIpc) is 2.21. The van der Waals surface area contributed by atoms with Gasteiger partial charge >= 0.3 is 0 Å². The SMILES string of the molecule is Cc1cc(Cl)nc(Cl)c1NS(=O)(=O)NCC(C)C. The maximum atomic E-state index is 11.8. The van der Waals surface area contributed by atoms with Crippen LogP contribution in [0.5, 0.6) is 0 Å². The van der Waals surface area contributed by atoms with Crippen LogP contribution in [0.15, 0.2) is 6.07 Å². The zero-order chi connectivity index (χ0) is 13.9. The van der Waals surface area contributed by atoms with Gasteiger partial charge in [-0.3, -0.25) is 4.72 Å². The Morgan fingerprint density at radius 2 is 2.00 bits per heavy atom. The maximum Gasteiger partial charge on any atom is 0.299 e. The highest BCUT2D eigenvalue weighted by Gasteiger charge is 2.15. The molecule has 0 aliphatic heterocycles. The van der Waals surface area contributed by atoms with Gasteiger partial charge in [-0.05, 0) is 24.5 Å². The highest BCUT2D eigenvalue weighted by molar-refractivity contribution is 7.90. The van der Waals surface area contributed by atoms with E-state index < -0.39 is 10.2 Å². The fraction of sp³-hybridized carbons (Fsp3) is 0.500. The minimum Gasteiger partial charge on any atom is -0.268 e. The van der Waals surface area contributed by atoms with Crippen molar-refractivity contribution in [2.24, 2.45) is 5.92 Å². The van der Waals surface area contributed by atoms with Crippen LogP contribution in [-0.2, 0) is 10.2 Å². The number of hydrogen-bond donors (Lipinski definition) is 2. The Labute approximate surface area is 117 Å². The van der Waals surface area contributed by atoms with Crippen LogP contribution in [0, 0.1) is 12.8 Å². The van der Waals surface area contributed by atoms with E-state index >= 15 is 0 Å². The van der Waals surface area contributed by atoms with E-state index in [9.17, 15) is 8.42 Å². The van der Waals surface area contributed by atoms with Gasteiger partial charge in [0, 0.05) is 6.54 Å². The summed E-state index contributed by atoms with van der Waals surface area (Å²) in [5, 5.41) is 0.241. The van der Waals surface area contributed by atoms with Gasteiger partial charge in [0.1, 0.15) is 5.15 Å². The van der Waals surface area contributed by atoms with Gasteiger partial charge in [0.05, 0.1) is 5.69 Å². The number of aromatic nitrogens is 1. The molecule has 0 saturated carbocycles. The van der Waals surface area contributed by atoms with Crippen LogP contribution in [-0.4, -0.2) is 19.9 Å². The summed E-state index contributed by atoms with van der Waals surface area (Å²) in [6.07, 6.45) is 0. The summed E-state index contributed by atoms with van der Waals surface area (Å²) in [7, 11) is -3.66. The van der Waals surface area contributed by atoms with Gasteiger partial charge in [0.2, 0.25) is 0 Å². The molecule has 0 saturated heterocycles. The van der Waals surface area contributed by atoms with Gasteiger partial charge in [-0.15, -0.1) is 0 Å². The zero-order valence-corrected chi connectivity index (χ0v) is 12.6. The van der Waals surface area contributed by atoms with Crippen molar-refractivity contribution in [3.05, 3.63) is 21.9 Å². The fourth-order valence-corrected chi connectivity index (χ4v) is 2.95. The van der Waals surface area contributed by atoms with Crippen LogP contribution in [0.25, 0.3) is 0 Å². The van der Waals surface area contributed by atoms with Gasteiger partial charge in [0.25, 0.3) is 10.2 Å². The summed E-state index contributed by atoms with van der Waals surface area (Å²) in [6.45, 7) is 5.85. The number of halogens is 2. The second-order valence-corrected chi connectivity index (χ2v) is 6.52. The summed E-state index contributed by atoms with van der Waals surface area (Å²) in [5.41, 5.74) is 0.840. The van der Waals surface area contributed by atoms with Gasteiger partial charge in [-0.25, -0.2) is 4.98 Å². The van der Waals surface area contributed by atoms with Crippen molar-refractivity contribution in [3.8, 4) is 0 Å². The van der Waals surface area contributed by atoms with Crippen molar-refractivity contribution < 1.29 is 8.42 Å². The Bertz CT molecular complexity index is 509. The van der Waals surface area contributed by atoms with Crippen molar-refractivity contribution in [1.29, 1.82) is 0 Å². The van der Waals surface area contributed by atoms with E-state index in [1.807, 2.05) is 13.8 Å². The van der Waals surface area contributed by atoms with Gasteiger partial charge in [-0.2, -0.15) is 13.1 Å². The molecule has 1 aromatic rings. The number of anilines is 1. The Hall–Kier alpha value is -0.560. The van der Waals surface area contributed by atoms with E-state index in [0.717, 1.165) is 0 Å². The number of rotatable bonds is 5. The predicted octanol–water partition coefficient (Wildman–Crippen LogP) is 2.60. The van der Waals surface area contributed by atoms with E-state index in [4.69, 9.17) is 23.2 Å². The predicted molar refractivity (Wildman–Crippen MR) is 74.4 cm³/mol. The lowest BCUT2D eigenvalue weighted by Crippen LogP contribution is -2.33.